The van der Waals surface area contributed by atoms with Crippen molar-refractivity contribution in [3.8, 4) is 0 Å². The van der Waals surface area contributed by atoms with Crippen LogP contribution in [0.1, 0.15) is 0 Å². The van der Waals surface area contributed by atoms with E-state index in [1.807, 2.05) is 0 Å². The fraction of sp³-hybridized carbons (Fsp3) is 0.667. The van der Waals surface area contributed by atoms with Crippen LogP contribution in [-0.4, -0.2) is 43.7 Å². The Labute approximate surface area is 137 Å². The van der Waals surface area contributed by atoms with E-state index in [2.05, 4.69) is 0 Å². The summed E-state index contributed by atoms with van der Waals surface area (Å²) < 4.78 is 59.8. The van der Waals surface area contributed by atoms with Crippen molar-refractivity contribution in [2.24, 2.45) is 0 Å². The van der Waals surface area contributed by atoms with E-state index in [1.54, 1.807) is 10.6 Å². The van der Waals surface area contributed by atoms with Crippen molar-refractivity contribution in [1.82, 2.24) is 10.6 Å². The van der Waals surface area contributed by atoms with Gasteiger partial charge in [-0.3, -0.25) is 0 Å². The summed E-state index contributed by atoms with van der Waals surface area (Å²) >= 11 is 0. The molecule has 0 bridgehead atoms. The molecule has 0 spiro atoms. The molecule has 84 valence electrons. The summed E-state index contributed by atoms with van der Waals surface area (Å²) in [5.41, 5.74) is 0. The van der Waals surface area contributed by atoms with Crippen molar-refractivity contribution < 1.29 is 89.9 Å². The number of carbonyl (C=O) groups is 1. The van der Waals surface area contributed by atoms with Gasteiger partial charge in [-0.15, -0.1) is 0 Å². The Hall–Kier alpha value is 1.09. The van der Waals surface area contributed by atoms with Gasteiger partial charge in [-0.1, -0.05) is 0 Å². The Morgan fingerprint density at radius 1 is 0.875 bits per heavy atom. The summed E-state index contributed by atoms with van der Waals surface area (Å²) in [6.45, 7) is 0. The van der Waals surface area contributed by atoms with E-state index in [0.29, 0.717) is 0 Å². The smallest absolute Gasteiger partial charge is 0.747 e. The molecule has 2 N–H and O–H groups in total. The van der Waals surface area contributed by atoms with Crippen molar-refractivity contribution >= 4 is 26.3 Å². The number of carbonyl (C=O) groups excluding carboxylic acids is 1. The third-order valence-corrected chi connectivity index (χ3v) is 1.81. The van der Waals surface area contributed by atoms with Crippen molar-refractivity contribution in [2.75, 3.05) is 11.8 Å². The number of rotatable bonds is 4. The van der Waals surface area contributed by atoms with Gasteiger partial charge < -0.3 is 19.7 Å². The zero-order chi connectivity index (χ0) is 11.4. The molecule has 9 nitrogen and oxygen atoms in total. The number of hydrogen-bond acceptors (Lipinski definition) is 7. The molecular weight excluding hydrogens is 286 g/mol. The van der Waals surface area contributed by atoms with Gasteiger partial charge in [0, 0.05) is 0 Å². The van der Waals surface area contributed by atoms with Crippen LogP contribution in [0.4, 0.5) is 4.79 Å². The standard InChI is InChI=1S/C3H8N2O7S2.2Na/c6-3(4-1-13(7,8)9)5-2-14(10,11)12;;/h1-2H2,(H2,4,5,6)(H,7,8,9)(H,10,11,12);;/q;2*+1/p-2. The molecule has 0 aliphatic rings. The Balaban J connectivity index is -0.000000845. The van der Waals surface area contributed by atoms with Crippen LogP contribution in [0.25, 0.3) is 0 Å². The molecule has 0 unspecified atom stereocenters. The first kappa shape index (κ1) is 22.3. The van der Waals surface area contributed by atoms with Crippen molar-refractivity contribution in [3.05, 3.63) is 0 Å². The molecule has 0 fully saturated rings. The second-order valence-electron chi connectivity index (χ2n) is 2.09. The van der Waals surface area contributed by atoms with Gasteiger partial charge in [0.05, 0.1) is 0 Å². The summed E-state index contributed by atoms with van der Waals surface area (Å²) in [7, 11) is -9.24. The predicted molar refractivity (Wildman–Crippen MR) is 40.8 cm³/mol. The topological polar surface area (TPSA) is 156 Å². The van der Waals surface area contributed by atoms with Gasteiger partial charge in [0.15, 0.2) is 0 Å². The summed E-state index contributed by atoms with van der Waals surface area (Å²) in [6.07, 6.45) is 0. The molecule has 0 aromatic rings. The van der Waals surface area contributed by atoms with E-state index in [4.69, 9.17) is 0 Å². The molecule has 0 aliphatic heterocycles. The SMILES string of the molecule is O=C(NCS(=O)(=O)[O-])NCS(=O)(=O)[O-].[Na+].[Na+]. The normalized spacial score (nSPS) is 10.6. The van der Waals surface area contributed by atoms with E-state index in [9.17, 15) is 30.7 Å². The molecule has 0 aromatic heterocycles. The van der Waals surface area contributed by atoms with Gasteiger partial charge in [-0.2, -0.15) is 0 Å². The predicted octanol–water partition coefficient (Wildman–Crippen LogP) is -8.70. The van der Waals surface area contributed by atoms with Crippen molar-refractivity contribution in [3.63, 3.8) is 0 Å². The van der Waals surface area contributed by atoms with Crippen LogP contribution in [0.5, 0.6) is 0 Å². The molecule has 16 heavy (non-hydrogen) atoms. The fourth-order valence-electron chi connectivity index (χ4n) is 0.370. The maximum Gasteiger partial charge on any atom is 1.00 e. The zero-order valence-corrected chi connectivity index (χ0v) is 14.2. The Kier molecular flexibility index (Phi) is 12.6. The first-order valence-corrected chi connectivity index (χ1v) is 6.14. The summed E-state index contributed by atoms with van der Waals surface area (Å²) in [4.78, 5) is 10.5. The molecule has 0 heterocycles. The molecule has 13 heteroatoms. The van der Waals surface area contributed by atoms with Gasteiger partial charge in [-0.05, 0) is 0 Å². The van der Waals surface area contributed by atoms with Crippen molar-refractivity contribution in [1.29, 1.82) is 0 Å². The van der Waals surface area contributed by atoms with E-state index in [-0.39, 0.29) is 59.1 Å². The second-order valence-corrected chi connectivity index (χ2v) is 4.89. The fourth-order valence-corrected chi connectivity index (χ4v) is 0.986. The molecule has 0 saturated carbocycles. The molecular formula is C3H6N2Na2O7S2. The van der Waals surface area contributed by atoms with Gasteiger partial charge in [0.2, 0.25) is 0 Å². The van der Waals surface area contributed by atoms with Crippen molar-refractivity contribution in [2.45, 2.75) is 0 Å². The van der Waals surface area contributed by atoms with Crippen LogP contribution < -0.4 is 69.7 Å². The van der Waals surface area contributed by atoms with Crippen LogP contribution in [0.3, 0.4) is 0 Å². The summed E-state index contributed by atoms with van der Waals surface area (Å²) in [6, 6.07) is -1.23. The minimum Gasteiger partial charge on any atom is -0.747 e. The van der Waals surface area contributed by atoms with Gasteiger partial charge >= 0.3 is 65.1 Å². The average molecular weight is 292 g/mol. The zero-order valence-electron chi connectivity index (χ0n) is 8.59. The Morgan fingerprint density at radius 3 is 1.31 bits per heavy atom. The van der Waals surface area contributed by atoms with Gasteiger partial charge in [-0.25, -0.2) is 21.6 Å². The van der Waals surface area contributed by atoms with Crippen LogP contribution in [0.15, 0.2) is 0 Å². The maximum atomic E-state index is 10.5. The number of urea groups is 1. The quantitative estimate of drug-likeness (QED) is 0.385. The van der Waals surface area contributed by atoms with Crippen LogP contribution in [0, 0.1) is 0 Å². The van der Waals surface area contributed by atoms with Crippen LogP contribution >= 0.6 is 0 Å². The molecule has 0 radical (unpaired) electrons. The monoisotopic (exact) mass is 292 g/mol. The third-order valence-electron chi connectivity index (χ3n) is 0.819. The minimum atomic E-state index is -4.62. The molecule has 0 aromatic carbocycles. The van der Waals surface area contributed by atoms with Gasteiger partial charge in [0.1, 0.15) is 32.0 Å². The molecule has 0 atom stereocenters. The third kappa shape index (κ3) is 17.5. The first-order valence-electron chi connectivity index (χ1n) is 2.99. The molecule has 2 amide bonds. The van der Waals surface area contributed by atoms with Crippen LogP contribution in [0.2, 0.25) is 0 Å². The summed E-state index contributed by atoms with van der Waals surface area (Å²) in [5.74, 6) is -2.37. The summed E-state index contributed by atoms with van der Waals surface area (Å²) in [5, 5.41) is 3.08. The Bertz CT molecular complexity index is 365. The average Bonchev–Trinajstić information content (AvgIpc) is 1.94. The number of nitrogens with one attached hydrogen (secondary N) is 2. The number of amides is 2. The maximum absolute atomic E-state index is 10.5. The van der Waals surface area contributed by atoms with Gasteiger partial charge in [0.25, 0.3) is 0 Å². The number of hydrogen-bond donors (Lipinski definition) is 2. The Morgan fingerprint density at radius 2 is 1.12 bits per heavy atom. The molecule has 0 saturated heterocycles. The molecule has 0 aliphatic carbocycles. The van der Waals surface area contributed by atoms with E-state index in [1.165, 1.54) is 0 Å². The van der Waals surface area contributed by atoms with E-state index in [0.717, 1.165) is 0 Å². The molecule has 0 rings (SSSR count). The second kappa shape index (κ2) is 9.08. The minimum absolute atomic E-state index is 0. The first-order chi connectivity index (χ1) is 6.10. The van der Waals surface area contributed by atoms with Crippen LogP contribution in [-0.2, 0) is 20.2 Å². The van der Waals surface area contributed by atoms with E-state index >= 15 is 0 Å². The van der Waals surface area contributed by atoms with E-state index < -0.39 is 38.0 Å². The largest absolute Gasteiger partial charge is 1.00 e.